The number of azo groups is 1. The summed E-state index contributed by atoms with van der Waals surface area (Å²) in [5, 5.41) is 10.2. The van der Waals surface area contributed by atoms with Gasteiger partial charge in [0, 0.05) is 13.1 Å². The average molecular weight is 233 g/mol. The van der Waals surface area contributed by atoms with Gasteiger partial charge in [-0.05, 0) is 13.0 Å². The standard InChI is InChI=1S/C11H15N5O/c1-3-14-6-4-5-9-11(14)16-8-15(17-2)7-10(16)13-12-9/h4-5,7H,3,6,8H2,1-2H3. The molecule has 0 spiro atoms. The van der Waals surface area contributed by atoms with E-state index in [1.807, 2.05) is 12.3 Å². The summed E-state index contributed by atoms with van der Waals surface area (Å²) in [6.07, 6.45) is 6.00. The van der Waals surface area contributed by atoms with Gasteiger partial charge in [-0.15, -0.1) is 10.2 Å². The Kier molecular flexibility index (Phi) is 2.36. The van der Waals surface area contributed by atoms with Crippen LogP contribution in [-0.4, -0.2) is 41.7 Å². The number of likely N-dealkylation sites (N-methyl/N-ethyl adjacent to an activating group) is 1. The molecule has 0 N–H and O–H groups in total. The van der Waals surface area contributed by atoms with E-state index < -0.39 is 0 Å². The van der Waals surface area contributed by atoms with Crippen LogP contribution in [0.15, 0.2) is 45.9 Å². The maximum Gasteiger partial charge on any atom is 0.177 e. The zero-order valence-corrected chi connectivity index (χ0v) is 10.00. The molecule has 3 aliphatic heterocycles. The van der Waals surface area contributed by atoms with E-state index in [0.717, 1.165) is 30.4 Å². The highest BCUT2D eigenvalue weighted by atomic mass is 16.7. The highest BCUT2D eigenvalue weighted by molar-refractivity contribution is 5.32. The van der Waals surface area contributed by atoms with Crippen molar-refractivity contribution < 1.29 is 4.84 Å². The van der Waals surface area contributed by atoms with Gasteiger partial charge < -0.3 is 4.90 Å². The van der Waals surface area contributed by atoms with Gasteiger partial charge in [-0.3, -0.25) is 9.74 Å². The molecule has 0 fully saturated rings. The topological polar surface area (TPSA) is 43.7 Å². The summed E-state index contributed by atoms with van der Waals surface area (Å²) in [6, 6.07) is 0. The molecule has 0 aromatic heterocycles. The molecule has 0 radical (unpaired) electrons. The van der Waals surface area contributed by atoms with Crippen LogP contribution >= 0.6 is 0 Å². The van der Waals surface area contributed by atoms with Gasteiger partial charge in [0.15, 0.2) is 5.82 Å². The van der Waals surface area contributed by atoms with Crippen molar-refractivity contribution in [3.8, 4) is 0 Å². The average Bonchev–Trinajstić information content (AvgIpc) is 2.81. The fourth-order valence-electron chi connectivity index (χ4n) is 2.20. The summed E-state index contributed by atoms with van der Waals surface area (Å²) in [5.41, 5.74) is 0.924. The predicted octanol–water partition coefficient (Wildman–Crippen LogP) is 1.45. The maximum atomic E-state index is 5.21. The van der Waals surface area contributed by atoms with Crippen LogP contribution in [0.25, 0.3) is 0 Å². The van der Waals surface area contributed by atoms with E-state index in [4.69, 9.17) is 4.84 Å². The van der Waals surface area contributed by atoms with Crippen LogP contribution in [0, 0.1) is 0 Å². The lowest BCUT2D eigenvalue weighted by molar-refractivity contribution is -0.0972. The zero-order chi connectivity index (χ0) is 11.8. The summed E-state index contributed by atoms with van der Waals surface area (Å²) in [4.78, 5) is 9.61. The van der Waals surface area contributed by atoms with Crippen LogP contribution in [0.1, 0.15) is 6.92 Å². The molecule has 0 saturated carbocycles. The number of hydroxylamine groups is 2. The van der Waals surface area contributed by atoms with Gasteiger partial charge in [0.2, 0.25) is 0 Å². The third-order valence-electron chi connectivity index (χ3n) is 3.08. The summed E-state index contributed by atoms with van der Waals surface area (Å²) in [6.45, 7) is 4.67. The van der Waals surface area contributed by atoms with Gasteiger partial charge in [0.05, 0.1) is 13.3 Å². The molecule has 0 atom stereocenters. The molecule has 0 aromatic carbocycles. The molecule has 17 heavy (non-hydrogen) atoms. The Morgan fingerprint density at radius 3 is 3.06 bits per heavy atom. The van der Waals surface area contributed by atoms with Crippen molar-refractivity contribution >= 4 is 0 Å². The molecule has 6 nitrogen and oxygen atoms in total. The third-order valence-corrected chi connectivity index (χ3v) is 3.08. The van der Waals surface area contributed by atoms with Gasteiger partial charge >= 0.3 is 0 Å². The largest absolute Gasteiger partial charge is 0.353 e. The molecule has 3 rings (SSSR count). The maximum absolute atomic E-state index is 5.21. The Labute approximate surface area is 100 Å². The Balaban J connectivity index is 1.98. The lowest BCUT2D eigenvalue weighted by Crippen LogP contribution is -2.39. The minimum atomic E-state index is 0.661. The van der Waals surface area contributed by atoms with Crippen LogP contribution < -0.4 is 0 Å². The van der Waals surface area contributed by atoms with E-state index in [1.165, 1.54) is 0 Å². The molecular formula is C11H15N5O. The monoisotopic (exact) mass is 233 g/mol. The second-order valence-corrected chi connectivity index (χ2v) is 4.01. The van der Waals surface area contributed by atoms with Crippen LogP contribution in [0.4, 0.5) is 0 Å². The molecule has 6 heteroatoms. The smallest absolute Gasteiger partial charge is 0.177 e. The highest BCUT2D eigenvalue weighted by Crippen LogP contribution is 2.33. The predicted molar refractivity (Wildman–Crippen MR) is 61.9 cm³/mol. The van der Waals surface area contributed by atoms with Crippen molar-refractivity contribution in [3.63, 3.8) is 0 Å². The first-order chi connectivity index (χ1) is 8.33. The highest BCUT2D eigenvalue weighted by Gasteiger charge is 2.32. The van der Waals surface area contributed by atoms with Crippen molar-refractivity contribution in [2.24, 2.45) is 10.2 Å². The molecular weight excluding hydrogens is 218 g/mol. The Hall–Kier alpha value is -1.82. The Morgan fingerprint density at radius 2 is 2.29 bits per heavy atom. The number of rotatable bonds is 2. The number of nitrogens with zero attached hydrogens (tertiary/aromatic N) is 5. The first-order valence-corrected chi connectivity index (χ1v) is 5.71. The van der Waals surface area contributed by atoms with Crippen molar-refractivity contribution in [2.45, 2.75) is 6.92 Å². The summed E-state index contributed by atoms with van der Waals surface area (Å²) in [5.74, 6) is 1.95. The molecule has 0 unspecified atom stereocenters. The zero-order valence-electron chi connectivity index (χ0n) is 10.00. The van der Waals surface area contributed by atoms with Gasteiger partial charge in [0.1, 0.15) is 18.2 Å². The molecule has 0 bridgehead atoms. The van der Waals surface area contributed by atoms with E-state index in [9.17, 15) is 0 Å². The Bertz CT molecular complexity index is 451. The molecule has 0 aromatic rings. The van der Waals surface area contributed by atoms with Gasteiger partial charge in [-0.2, -0.15) is 0 Å². The normalized spacial score (nSPS) is 22.0. The fraction of sp³-hybridized carbons (Fsp3) is 0.455. The summed E-state index contributed by atoms with van der Waals surface area (Å²) in [7, 11) is 1.65. The SMILES string of the molecule is CCN1CC=CC2=C1N1CN(OC)C=C1N=N2. The fourth-order valence-corrected chi connectivity index (χ4v) is 2.20. The number of fused-ring (bicyclic) bond motifs is 2. The van der Waals surface area contributed by atoms with Gasteiger partial charge in [0.25, 0.3) is 0 Å². The van der Waals surface area contributed by atoms with Crippen molar-refractivity contribution in [2.75, 3.05) is 26.9 Å². The van der Waals surface area contributed by atoms with E-state index in [-0.39, 0.29) is 0 Å². The van der Waals surface area contributed by atoms with Gasteiger partial charge in [-0.25, -0.2) is 5.06 Å². The third kappa shape index (κ3) is 1.52. The summed E-state index contributed by atoms with van der Waals surface area (Å²) < 4.78 is 0. The van der Waals surface area contributed by atoms with E-state index in [0.29, 0.717) is 6.67 Å². The molecule has 90 valence electrons. The van der Waals surface area contributed by atoms with Crippen molar-refractivity contribution in [3.05, 3.63) is 35.7 Å². The lowest BCUT2D eigenvalue weighted by atomic mass is 10.2. The molecule has 0 saturated heterocycles. The molecule has 0 aliphatic carbocycles. The first-order valence-electron chi connectivity index (χ1n) is 5.71. The van der Waals surface area contributed by atoms with E-state index in [2.05, 4.69) is 33.0 Å². The minimum absolute atomic E-state index is 0.661. The molecule has 3 heterocycles. The van der Waals surface area contributed by atoms with Crippen molar-refractivity contribution in [1.82, 2.24) is 14.9 Å². The molecule has 0 amide bonds. The summed E-state index contributed by atoms with van der Waals surface area (Å²) >= 11 is 0. The number of hydrogen-bond acceptors (Lipinski definition) is 6. The van der Waals surface area contributed by atoms with Crippen LogP contribution in [0.2, 0.25) is 0 Å². The number of allylic oxidation sites excluding steroid dienone is 1. The van der Waals surface area contributed by atoms with Crippen LogP contribution in [0.3, 0.4) is 0 Å². The minimum Gasteiger partial charge on any atom is -0.353 e. The Morgan fingerprint density at radius 1 is 1.41 bits per heavy atom. The number of hydrogen-bond donors (Lipinski definition) is 0. The molecule has 3 aliphatic rings. The second-order valence-electron chi connectivity index (χ2n) is 4.01. The van der Waals surface area contributed by atoms with Crippen LogP contribution in [-0.2, 0) is 4.84 Å². The van der Waals surface area contributed by atoms with E-state index in [1.54, 1.807) is 12.2 Å². The second kappa shape index (κ2) is 3.89. The van der Waals surface area contributed by atoms with E-state index >= 15 is 0 Å². The van der Waals surface area contributed by atoms with Crippen molar-refractivity contribution in [1.29, 1.82) is 0 Å². The quantitative estimate of drug-likeness (QED) is 0.724. The van der Waals surface area contributed by atoms with Gasteiger partial charge in [-0.1, -0.05) is 6.08 Å². The van der Waals surface area contributed by atoms with Crippen LogP contribution in [0.5, 0.6) is 0 Å². The first kappa shape index (κ1) is 10.3. The lowest BCUT2D eigenvalue weighted by Gasteiger charge is -2.36.